The van der Waals surface area contributed by atoms with E-state index >= 15 is 0 Å². The van der Waals surface area contributed by atoms with Crippen LogP contribution in [0.5, 0.6) is 5.75 Å². The van der Waals surface area contributed by atoms with E-state index in [1.807, 2.05) is 6.07 Å². The zero-order valence-corrected chi connectivity index (χ0v) is 21.0. The first kappa shape index (κ1) is 25.7. The third-order valence-corrected chi connectivity index (χ3v) is 7.37. The molecule has 38 heavy (non-hydrogen) atoms. The molecule has 0 unspecified atom stereocenters. The number of imidazole rings is 1. The fourth-order valence-electron chi connectivity index (χ4n) is 5.24. The molecule has 0 N–H and O–H groups in total. The Balaban J connectivity index is 1.16. The number of hydroxylamine groups is 2. The van der Waals surface area contributed by atoms with Crippen molar-refractivity contribution in [3.8, 4) is 17.5 Å². The summed E-state index contributed by atoms with van der Waals surface area (Å²) >= 11 is 0. The van der Waals surface area contributed by atoms with Crippen LogP contribution in [0.3, 0.4) is 0 Å². The largest absolute Gasteiger partial charge is 0.490 e. The molecule has 5 rings (SSSR count). The van der Waals surface area contributed by atoms with E-state index in [1.165, 1.54) is 38.5 Å². The van der Waals surface area contributed by atoms with Gasteiger partial charge < -0.3 is 9.30 Å². The number of aryl methyl sites for hydroxylation is 1. The number of nitrogens with zero attached hydrogens (tertiary/aromatic N) is 4. The second-order valence-electron chi connectivity index (χ2n) is 9.89. The summed E-state index contributed by atoms with van der Waals surface area (Å²) in [6.45, 7) is 0.673. The van der Waals surface area contributed by atoms with Gasteiger partial charge >= 0.3 is 5.69 Å². The molecule has 1 amide bonds. The van der Waals surface area contributed by atoms with Crippen LogP contribution in [0, 0.1) is 34.8 Å². The van der Waals surface area contributed by atoms with E-state index in [4.69, 9.17) is 14.8 Å². The van der Waals surface area contributed by atoms with E-state index in [0.717, 1.165) is 12.8 Å². The van der Waals surface area contributed by atoms with Crippen molar-refractivity contribution in [3.05, 3.63) is 82.0 Å². The smallest absolute Gasteiger partial charge is 0.332 e. The van der Waals surface area contributed by atoms with E-state index in [9.17, 15) is 18.4 Å². The van der Waals surface area contributed by atoms with Gasteiger partial charge in [0.05, 0.1) is 36.6 Å². The van der Waals surface area contributed by atoms with E-state index < -0.39 is 17.7 Å². The molecule has 0 spiro atoms. The molecule has 1 aliphatic heterocycles. The van der Waals surface area contributed by atoms with Crippen LogP contribution in [0.4, 0.5) is 8.78 Å². The maximum absolute atomic E-state index is 14.7. The van der Waals surface area contributed by atoms with Gasteiger partial charge in [-0.2, -0.15) is 5.26 Å². The lowest BCUT2D eigenvalue weighted by Gasteiger charge is -2.32. The second kappa shape index (κ2) is 10.8. The van der Waals surface area contributed by atoms with Crippen LogP contribution in [-0.4, -0.2) is 33.3 Å². The molecule has 2 fully saturated rings. The standard InChI is InChI=1S/C28H28F2N4O4/c1-32-9-10-33(28(32)36)23-6-7-26(24(30)15-23)37-17-18-2-4-20(5-3-18)27(35)34-25(8-11-38-34)21-12-19(16-31)13-22(29)14-21/h6-7,9-10,12-15,18,20,25H,2-5,8,11,17H2,1H3/t18?,20?,25-/m0/s1. The lowest BCUT2D eigenvalue weighted by Crippen LogP contribution is -2.37. The van der Waals surface area contributed by atoms with Crippen LogP contribution in [0.2, 0.25) is 0 Å². The quantitative estimate of drug-likeness (QED) is 0.478. The van der Waals surface area contributed by atoms with Gasteiger partial charge in [0.1, 0.15) is 5.82 Å². The Morgan fingerprint density at radius 1 is 1.11 bits per heavy atom. The third kappa shape index (κ3) is 5.20. The minimum absolute atomic E-state index is 0.121. The Bertz CT molecular complexity index is 1440. The number of nitriles is 1. The zero-order valence-electron chi connectivity index (χ0n) is 21.0. The van der Waals surface area contributed by atoms with Crippen LogP contribution < -0.4 is 10.4 Å². The molecule has 0 bridgehead atoms. The molecule has 8 nitrogen and oxygen atoms in total. The molecule has 1 aliphatic carbocycles. The zero-order chi connectivity index (χ0) is 26.8. The number of amides is 1. The van der Waals surface area contributed by atoms with Crippen molar-refractivity contribution in [2.24, 2.45) is 18.9 Å². The number of hydrogen-bond donors (Lipinski definition) is 0. The minimum Gasteiger partial charge on any atom is -0.490 e. The summed E-state index contributed by atoms with van der Waals surface area (Å²) in [5, 5.41) is 10.5. The number of hydrogen-bond acceptors (Lipinski definition) is 5. The molecule has 0 radical (unpaired) electrons. The molecule has 2 aromatic carbocycles. The lowest BCUT2D eigenvalue weighted by atomic mass is 9.81. The molecule has 198 valence electrons. The van der Waals surface area contributed by atoms with Crippen molar-refractivity contribution in [1.82, 2.24) is 14.2 Å². The molecule has 2 aliphatic rings. The molecule has 1 saturated heterocycles. The third-order valence-electron chi connectivity index (χ3n) is 7.37. The van der Waals surface area contributed by atoms with Gasteiger partial charge in [0, 0.05) is 37.8 Å². The highest BCUT2D eigenvalue weighted by Crippen LogP contribution is 2.37. The average molecular weight is 523 g/mol. The summed E-state index contributed by atoms with van der Waals surface area (Å²) in [5.74, 6) is -1.12. The fraction of sp³-hybridized carbons (Fsp3) is 0.393. The maximum atomic E-state index is 14.7. The van der Waals surface area contributed by atoms with Gasteiger partial charge in [-0.05, 0) is 67.5 Å². The predicted octanol–water partition coefficient (Wildman–Crippen LogP) is 4.42. The molecule has 1 aromatic heterocycles. The SMILES string of the molecule is Cn1ccn(-c2ccc(OCC3CCC(C(=O)N4OCC[C@H]4c4cc(F)cc(C#N)c4)CC3)c(F)c2)c1=O. The first-order valence-electron chi connectivity index (χ1n) is 12.7. The van der Waals surface area contributed by atoms with Gasteiger partial charge in [0.15, 0.2) is 11.6 Å². The van der Waals surface area contributed by atoms with Crippen molar-refractivity contribution in [2.45, 2.75) is 38.1 Å². The van der Waals surface area contributed by atoms with E-state index in [-0.39, 0.29) is 34.7 Å². The van der Waals surface area contributed by atoms with Crippen LogP contribution in [0.15, 0.2) is 53.6 Å². The first-order valence-corrected chi connectivity index (χ1v) is 12.7. The number of benzene rings is 2. The number of aromatic nitrogens is 2. The van der Waals surface area contributed by atoms with Crippen molar-refractivity contribution >= 4 is 5.91 Å². The van der Waals surface area contributed by atoms with Crippen LogP contribution >= 0.6 is 0 Å². The van der Waals surface area contributed by atoms with Crippen LogP contribution in [0.1, 0.15) is 49.3 Å². The van der Waals surface area contributed by atoms with Gasteiger partial charge in [-0.1, -0.05) is 0 Å². The summed E-state index contributed by atoms with van der Waals surface area (Å²) in [4.78, 5) is 31.0. The molecule has 1 atom stereocenters. The average Bonchev–Trinajstić information content (AvgIpc) is 3.54. The Morgan fingerprint density at radius 2 is 1.89 bits per heavy atom. The highest BCUT2D eigenvalue weighted by molar-refractivity contribution is 5.78. The topological polar surface area (TPSA) is 89.5 Å². The first-order chi connectivity index (χ1) is 18.3. The highest BCUT2D eigenvalue weighted by atomic mass is 19.1. The van der Waals surface area contributed by atoms with Crippen molar-refractivity contribution in [2.75, 3.05) is 13.2 Å². The van der Waals surface area contributed by atoms with E-state index in [0.29, 0.717) is 43.7 Å². The summed E-state index contributed by atoms with van der Waals surface area (Å²) in [7, 11) is 1.63. The minimum atomic E-state index is -0.545. The van der Waals surface area contributed by atoms with Gasteiger partial charge in [-0.3, -0.25) is 14.2 Å². The molecular formula is C28H28F2N4O4. The molecule has 1 saturated carbocycles. The van der Waals surface area contributed by atoms with Crippen molar-refractivity contribution in [3.63, 3.8) is 0 Å². The number of carbonyl (C=O) groups excluding carboxylic acids is 1. The van der Waals surface area contributed by atoms with Gasteiger partial charge in [0.25, 0.3) is 0 Å². The van der Waals surface area contributed by atoms with Gasteiger partial charge in [0.2, 0.25) is 5.91 Å². The van der Waals surface area contributed by atoms with Crippen LogP contribution in [0.25, 0.3) is 5.69 Å². The Hall–Kier alpha value is -3.97. The van der Waals surface area contributed by atoms with Crippen molar-refractivity contribution < 1.29 is 23.1 Å². The van der Waals surface area contributed by atoms with Gasteiger partial charge in [-0.15, -0.1) is 0 Å². The normalized spacial score (nSPS) is 21.3. The molecular weight excluding hydrogens is 494 g/mol. The summed E-state index contributed by atoms with van der Waals surface area (Å²) in [6.07, 6.45) is 6.49. The number of halogens is 2. The van der Waals surface area contributed by atoms with Crippen molar-refractivity contribution in [1.29, 1.82) is 5.26 Å². The maximum Gasteiger partial charge on any atom is 0.332 e. The Morgan fingerprint density at radius 3 is 2.58 bits per heavy atom. The predicted molar refractivity (Wildman–Crippen MR) is 133 cm³/mol. The lowest BCUT2D eigenvalue weighted by molar-refractivity contribution is -0.183. The summed E-state index contributed by atoms with van der Waals surface area (Å²) in [6, 6.07) is 10.1. The molecule has 2 heterocycles. The van der Waals surface area contributed by atoms with Gasteiger partial charge in [-0.25, -0.2) is 18.6 Å². The molecule has 3 aromatic rings. The highest BCUT2D eigenvalue weighted by Gasteiger charge is 2.37. The monoisotopic (exact) mass is 522 g/mol. The summed E-state index contributed by atoms with van der Waals surface area (Å²) < 4.78 is 37.2. The summed E-state index contributed by atoms with van der Waals surface area (Å²) in [5.41, 5.74) is 0.918. The van der Waals surface area contributed by atoms with E-state index in [2.05, 4.69) is 0 Å². The number of carbonyl (C=O) groups is 1. The molecule has 10 heteroatoms. The second-order valence-corrected chi connectivity index (χ2v) is 9.89. The Labute approximate surface area is 218 Å². The fourth-order valence-corrected chi connectivity index (χ4v) is 5.24. The Kier molecular flexibility index (Phi) is 7.29. The number of ether oxygens (including phenoxy) is 1. The van der Waals surface area contributed by atoms with Crippen LogP contribution in [-0.2, 0) is 16.7 Å². The number of rotatable bonds is 6. The van der Waals surface area contributed by atoms with E-state index in [1.54, 1.807) is 31.6 Å².